The lowest BCUT2D eigenvalue weighted by Gasteiger charge is -2.08. The molecule has 1 aromatic carbocycles. The first-order valence-electron chi connectivity index (χ1n) is 5.83. The van der Waals surface area contributed by atoms with E-state index in [4.69, 9.17) is 11.6 Å². The van der Waals surface area contributed by atoms with Crippen LogP contribution in [0, 0.1) is 11.6 Å². The number of nitrogens with one attached hydrogen (secondary N) is 1. The summed E-state index contributed by atoms with van der Waals surface area (Å²) in [5.74, 6) is -0.853. The first-order valence-corrected chi connectivity index (χ1v) is 6.21. The standard InChI is InChI=1S/C13H12ClF2N3/c1-2-5-17-13-18-7-11(16)12(19-13)9-6-8(15)3-4-10(9)14/h3-4,6-7H,2,5H2,1H3,(H,17,18,19). The Bertz CT molecular complexity index is 590. The van der Waals surface area contributed by atoms with Crippen LogP contribution in [0.15, 0.2) is 24.4 Å². The van der Waals surface area contributed by atoms with Gasteiger partial charge in [-0.2, -0.15) is 0 Å². The number of aromatic nitrogens is 2. The number of nitrogens with zero attached hydrogens (tertiary/aromatic N) is 2. The topological polar surface area (TPSA) is 37.8 Å². The minimum atomic E-state index is -0.644. The molecule has 0 amide bonds. The van der Waals surface area contributed by atoms with Gasteiger partial charge in [0.25, 0.3) is 0 Å². The SMILES string of the molecule is CCCNc1ncc(F)c(-c2cc(F)ccc2Cl)n1. The molecule has 19 heavy (non-hydrogen) atoms. The minimum Gasteiger partial charge on any atom is -0.354 e. The highest BCUT2D eigenvalue weighted by Crippen LogP contribution is 2.29. The van der Waals surface area contributed by atoms with Gasteiger partial charge in [-0.25, -0.2) is 18.7 Å². The molecule has 3 nitrogen and oxygen atoms in total. The monoisotopic (exact) mass is 283 g/mol. The van der Waals surface area contributed by atoms with Crippen molar-refractivity contribution in [1.29, 1.82) is 0 Å². The van der Waals surface area contributed by atoms with Crippen LogP contribution in [-0.2, 0) is 0 Å². The van der Waals surface area contributed by atoms with Gasteiger partial charge in [0, 0.05) is 12.1 Å². The molecule has 0 aliphatic heterocycles. The van der Waals surface area contributed by atoms with Crippen LogP contribution < -0.4 is 5.32 Å². The highest BCUT2D eigenvalue weighted by molar-refractivity contribution is 6.33. The summed E-state index contributed by atoms with van der Waals surface area (Å²) in [5.41, 5.74) is 0.194. The van der Waals surface area contributed by atoms with Gasteiger partial charge in [0.2, 0.25) is 5.95 Å². The minimum absolute atomic E-state index is 0.0156. The third-order valence-corrected chi connectivity index (χ3v) is 2.79. The van der Waals surface area contributed by atoms with Crippen molar-refractivity contribution in [3.63, 3.8) is 0 Å². The number of hydrogen-bond donors (Lipinski definition) is 1. The van der Waals surface area contributed by atoms with Crippen LogP contribution in [-0.4, -0.2) is 16.5 Å². The lowest BCUT2D eigenvalue weighted by atomic mass is 10.1. The third-order valence-electron chi connectivity index (χ3n) is 2.46. The van der Waals surface area contributed by atoms with Crippen molar-refractivity contribution < 1.29 is 8.78 Å². The Labute approximate surface area is 114 Å². The van der Waals surface area contributed by atoms with Crippen molar-refractivity contribution in [2.24, 2.45) is 0 Å². The van der Waals surface area contributed by atoms with Gasteiger partial charge < -0.3 is 5.32 Å². The molecule has 0 spiro atoms. The number of halogens is 3. The summed E-state index contributed by atoms with van der Waals surface area (Å²) >= 11 is 5.95. The number of benzene rings is 1. The molecular weight excluding hydrogens is 272 g/mol. The Hall–Kier alpha value is -1.75. The zero-order valence-electron chi connectivity index (χ0n) is 10.3. The maximum atomic E-state index is 13.8. The van der Waals surface area contributed by atoms with E-state index in [0.717, 1.165) is 18.7 Å². The summed E-state index contributed by atoms with van der Waals surface area (Å²) in [6.07, 6.45) is 1.93. The molecule has 0 aliphatic rings. The van der Waals surface area contributed by atoms with E-state index >= 15 is 0 Å². The lowest BCUT2D eigenvalue weighted by Crippen LogP contribution is -2.06. The van der Waals surface area contributed by atoms with E-state index in [0.29, 0.717) is 12.5 Å². The second kappa shape index (κ2) is 5.93. The summed E-state index contributed by atoms with van der Waals surface area (Å²) in [4.78, 5) is 7.85. The van der Waals surface area contributed by atoms with Gasteiger partial charge in [-0.05, 0) is 24.6 Å². The van der Waals surface area contributed by atoms with E-state index in [-0.39, 0.29) is 16.3 Å². The van der Waals surface area contributed by atoms with Crippen molar-refractivity contribution in [3.05, 3.63) is 41.1 Å². The third kappa shape index (κ3) is 3.17. The van der Waals surface area contributed by atoms with Gasteiger partial charge in [0.15, 0.2) is 5.82 Å². The van der Waals surface area contributed by atoms with Crippen LogP contribution in [0.25, 0.3) is 11.3 Å². The van der Waals surface area contributed by atoms with E-state index in [1.165, 1.54) is 12.1 Å². The van der Waals surface area contributed by atoms with Crippen LogP contribution in [0.1, 0.15) is 13.3 Å². The van der Waals surface area contributed by atoms with Gasteiger partial charge in [0.1, 0.15) is 11.5 Å². The van der Waals surface area contributed by atoms with E-state index < -0.39 is 11.6 Å². The molecule has 0 saturated carbocycles. The summed E-state index contributed by atoms with van der Waals surface area (Å²) < 4.78 is 27.0. The summed E-state index contributed by atoms with van der Waals surface area (Å²) in [6.45, 7) is 2.66. The van der Waals surface area contributed by atoms with Crippen LogP contribution in [0.2, 0.25) is 5.02 Å². The second-order valence-corrected chi connectivity index (χ2v) is 4.35. The highest BCUT2D eigenvalue weighted by Gasteiger charge is 2.13. The van der Waals surface area contributed by atoms with Crippen LogP contribution in [0.3, 0.4) is 0 Å². The van der Waals surface area contributed by atoms with Gasteiger partial charge in [-0.1, -0.05) is 18.5 Å². The van der Waals surface area contributed by atoms with Crippen molar-refractivity contribution in [2.75, 3.05) is 11.9 Å². The summed E-state index contributed by atoms with van der Waals surface area (Å²) in [5, 5.41) is 3.18. The molecule has 0 aliphatic carbocycles. The molecule has 0 saturated heterocycles. The Morgan fingerprint density at radius 1 is 1.32 bits per heavy atom. The average molecular weight is 284 g/mol. The number of anilines is 1. The van der Waals surface area contributed by atoms with Crippen LogP contribution in [0.4, 0.5) is 14.7 Å². The lowest BCUT2D eigenvalue weighted by molar-refractivity contribution is 0.616. The molecule has 100 valence electrons. The Balaban J connectivity index is 2.45. The molecule has 2 aromatic rings. The fraction of sp³-hybridized carbons (Fsp3) is 0.231. The average Bonchev–Trinajstić information content (AvgIpc) is 2.41. The maximum absolute atomic E-state index is 13.8. The normalized spacial score (nSPS) is 10.5. The predicted octanol–water partition coefficient (Wildman–Crippen LogP) is 3.90. The van der Waals surface area contributed by atoms with Gasteiger partial charge in [0.05, 0.1) is 11.2 Å². The first-order chi connectivity index (χ1) is 9.11. The van der Waals surface area contributed by atoms with Crippen molar-refractivity contribution in [1.82, 2.24) is 9.97 Å². The predicted molar refractivity (Wildman–Crippen MR) is 71.2 cm³/mol. The second-order valence-electron chi connectivity index (χ2n) is 3.94. The molecule has 0 bridgehead atoms. The van der Waals surface area contributed by atoms with Gasteiger partial charge in [-0.15, -0.1) is 0 Å². The Morgan fingerprint density at radius 3 is 2.84 bits per heavy atom. The van der Waals surface area contributed by atoms with Crippen molar-refractivity contribution in [3.8, 4) is 11.3 Å². The van der Waals surface area contributed by atoms with E-state index in [2.05, 4.69) is 15.3 Å². The summed E-state index contributed by atoms with van der Waals surface area (Å²) in [7, 11) is 0. The molecule has 0 radical (unpaired) electrons. The molecular formula is C13H12ClF2N3. The fourth-order valence-electron chi connectivity index (χ4n) is 1.56. The van der Waals surface area contributed by atoms with Gasteiger partial charge >= 0.3 is 0 Å². The molecule has 0 atom stereocenters. The molecule has 2 rings (SSSR count). The number of hydrogen-bond acceptors (Lipinski definition) is 3. The molecule has 1 aromatic heterocycles. The van der Waals surface area contributed by atoms with Crippen molar-refractivity contribution >= 4 is 17.5 Å². The smallest absolute Gasteiger partial charge is 0.223 e. The van der Waals surface area contributed by atoms with Crippen LogP contribution >= 0.6 is 11.6 Å². The van der Waals surface area contributed by atoms with E-state index in [1.807, 2.05) is 6.92 Å². The van der Waals surface area contributed by atoms with Crippen LogP contribution in [0.5, 0.6) is 0 Å². The van der Waals surface area contributed by atoms with E-state index in [1.54, 1.807) is 0 Å². The largest absolute Gasteiger partial charge is 0.354 e. The number of rotatable bonds is 4. The molecule has 1 N–H and O–H groups in total. The van der Waals surface area contributed by atoms with E-state index in [9.17, 15) is 8.78 Å². The molecule has 0 unspecified atom stereocenters. The fourth-order valence-corrected chi connectivity index (χ4v) is 1.76. The Kier molecular flexibility index (Phi) is 4.27. The first kappa shape index (κ1) is 13.7. The maximum Gasteiger partial charge on any atom is 0.223 e. The Morgan fingerprint density at radius 2 is 2.11 bits per heavy atom. The molecule has 0 fully saturated rings. The zero-order chi connectivity index (χ0) is 13.8. The zero-order valence-corrected chi connectivity index (χ0v) is 11.0. The highest BCUT2D eigenvalue weighted by atomic mass is 35.5. The summed E-state index contributed by atoms with van der Waals surface area (Å²) in [6, 6.07) is 3.73. The van der Waals surface area contributed by atoms with Crippen molar-refractivity contribution in [2.45, 2.75) is 13.3 Å². The van der Waals surface area contributed by atoms with Gasteiger partial charge in [-0.3, -0.25) is 0 Å². The quantitative estimate of drug-likeness (QED) is 0.925. The molecule has 1 heterocycles. The molecule has 6 heteroatoms.